The first-order valence-corrected chi connectivity index (χ1v) is 6.97. The Hall–Kier alpha value is -1.58. The van der Waals surface area contributed by atoms with Gasteiger partial charge in [-0.3, -0.25) is 4.68 Å². The number of nitrogens with zero attached hydrogens (tertiary/aromatic N) is 4. The fraction of sp³-hybridized carbons (Fsp3) is 0.600. The summed E-state index contributed by atoms with van der Waals surface area (Å²) < 4.78 is 6.40. The maximum Gasteiger partial charge on any atom is 0.198 e. The molecule has 19 heavy (non-hydrogen) atoms. The Balaban J connectivity index is 2.33. The van der Waals surface area contributed by atoms with Crippen molar-refractivity contribution in [2.75, 3.05) is 0 Å². The van der Waals surface area contributed by atoms with E-state index in [1.54, 1.807) is 0 Å². The molecule has 2 aromatic heterocycles. The molecule has 0 radical (unpaired) electrons. The van der Waals surface area contributed by atoms with Crippen LogP contribution in [0.1, 0.15) is 56.4 Å². The van der Waals surface area contributed by atoms with Crippen LogP contribution in [0.4, 0.5) is 0 Å². The van der Waals surface area contributed by atoms with E-state index in [9.17, 15) is 0 Å². The molecule has 0 bridgehead atoms. The van der Waals surface area contributed by atoms with Crippen LogP contribution in [0, 0.1) is 0 Å². The van der Waals surface area contributed by atoms with Gasteiger partial charge in [0.15, 0.2) is 13.2 Å². The predicted molar refractivity (Wildman–Crippen MR) is 76.1 cm³/mol. The number of rotatable bonds is 4. The van der Waals surface area contributed by atoms with Crippen molar-refractivity contribution in [3.63, 3.8) is 0 Å². The van der Waals surface area contributed by atoms with Gasteiger partial charge in [0.25, 0.3) is 0 Å². The summed E-state index contributed by atoms with van der Waals surface area (Å²) >= 11 is 0. The molecule has 0 aliphatic carbocycles. The zero-order chi connectivity index (χ0) is 14.2. The van der Waals surface area contributed by atoms with Crippen molar-refractivity contribution in [2.24, 2.45) is 14.1 Å². The van der Waals surface area contributed by atoms with Gasteiger partial charge in [-0.2, -0.15) is 9.78 Å². The average molecular weight is 261 g/mol. The highest BCUT2D eigenvalue weighted by molar-refractivity contribution is 5.21. The molecule has 0 spiro atoms. The molecular weight excluding hydrogens is 236 g/mol. The molecule has 2 rings (SSSR count). The lowest BCUT2D eigenvalue weighted by Gasteiger charge is -2.08. The molecule has 0 aliphatic heterocycles. The fourth-order valence-electron chi connectivity index (χ4n) is 2.35. The standard InChI is InChI=1S/C15H25N4/c1-11(2)13-8-17(5)19(9-13)10-15-14(12(3)4)7-16-18(15)6/h7-9,11-12H,10H2,1-6H3/q+1. The molecular formula is C15H25N4+. The zero-order valence-electron chi connectivity index (χ0n) is 12.9. The van der Waals surface area contributed by atoms with Gasteiger partial charge in [0.2, 0.25) is 0 Å². The second-order valence-electron chi connectivity index (χ2n) is 5.91. The first kappa shape index (κ1) is 13.8. The maximum atomic E-state index is 4.40. The van der Waals surface area contributed by atoms with Crippen LogP contribution in [0.3, 0.4) is 0 Å². The SMILES string of the molecule is CC(C)c1cn(Cc2c(C(C)C)cnn2C)[n+](C)c1. The molecule has 0 saturated heterocycles. The van der Waals surface area contributed by atoms with Crippen molar-refractivity contribution in [2.45, 2.75) is 46.1 Å². The Kier molecular flexibility index (Phi) is 3.78. The van der Waals surface area contributed by atoms with E-state index in [0.29, 0.717) is 11.8 Å². The summed E-state index contributed by atoms with van der Waals surface area (Å²) in [5, 5.41) is 4.40. The van der Waals surface area contributed by atoms with Crippen LogP contribution in [-0.2, 0) is 20.6 Å². The van der Waals surface area contributed by atoms with Gasteiger partial charge in [-0.1, -0.05) is 27.7 Å². The average Bonchev–Trinajstić information content (AvgIpc) is 2.85. The summed E-state index contributed by atoms with van der Waals surface area (Å²) in [6.07, 6.45) is 6.44. The number of hydrogen-bond donors (Lipinski definition) is 0. The van der Waals surface area contributed by atoms with Gasteiger partial charge in [0.1, 0.15) is 6.54 Å². The smallest absolute Gasteiger partial charge is 0.198 e. The Bertz CT molecular complexity index is 561. The third-order valence-electron chi connectivity index (χ3n) is 3.73. The maximum absolute atomic E-state index is 4.40. The van der Waals surface area contributed by atoms with Gasteiger partial charge in [-0.15, -0.1) is 4.68 Å². The van der Waals surface area contributed by atoms with Gasteiger partial charge in [-0.25, -0.2) is 0 Å². The molecule has 0 aromatic carbocycles. The highest BCUT2D eigenvalue weighted by atomic mass is 15.4. The molecule has 0 N–H and O–H groups in total. The third kappa shape index (κ3) is 2.72. The van der Waals surface area contributed by atoms with Gasteiger partial charge in [0.05, 0.1) is 18.1 Å². The molecule has 0 fully saturated rings. The fourth-order valence-corrected chi connectivity index (χ4v) is 2.35. The lowest BCUT2D eigenvalue weighted by atomic mass is 10.0. The van der Waals surface area contributed by atoms with Crippen LogP contribution in [0.25, 0.3) is 0 Å². The summed E-state index contributed by atoms with van der Waals surface area (Å²) in [5.41, 5.74) is 3.99. The second kappa shape index (κ2) is 5.19. The molecule has 0 unspecified atom stereocenters. The van der Waals surface area contributed by atoms with E-state index in [4.69, 9.17) is 0 Å². The highest BCUT2D eigenvalue weighted by Crippen LogP contribution is 2.20. The Morgan fingerprint density at radius 2 is 1.89 bits per heavy atom. The van der Waals surface area contributed by atoms with E-state index in [2.05, 4.69) is 61.6 Å². The summed E-state index contributed by atoms with van der Waals surface area (Å²) in [4.78, 5) is 0. The van der Waals surface area contributed by atoms with Gasteiger partial charge in [0, 0.05) is 12.6 Å². The molecule has 2 heterocycles. The quantitative estimate of drug-likeness (QED) is 0.776. The largest absolute Gasteiger partial charge is 0.270 e. The van der Waals surface area contributed by atoms with Gasteiger partial charge in [-0.05, 0) is 17.4 Å². The monoisotopic (exact) mass is 261 g/mol. The number of hydrogen-bond acceptors (Lipinski definition) is 1. The van der Waals surface area contributed by atoms with Crippen LogP contribution in [0.15, 0.2) is 18.6 Å². The molecule has 0 amide bonds. The summed E-state index contributed by atoms with van der Waals surface area (Å²) in [5.74, 6) is 1.07. The minimum atomic E-state index is 0.508. The van der Waals surface area contributed by atoms with E-state index < -0.39 is 0 Å². The number of aromatic nitrogens is 4. The molecule has 0 saturated carbocycles. The van der Waals surface area contributed by atoms with Crippen molar-refractivity contribution in [1.29, 1.82) is 0 Å². The van der Waals surface area contributed by atoms with Crippen LogP contribution in [0.2, 0.25) is 0 Å². The first-order valence-electron chi connectivity index (χ1n) is 6.97. The summed E-state index contributed by atoms with van der Waals surface area (Å²) in [6, 6.07) is 0. The van der Waals surface area contributed by atoms with Crippen molar-refractivity contribution >= 4 is 0 Å². The number of aryl methyl sites for hydroxylation is 2. The Morgan fingerprint density at radius 1 is 1.21 bits per heavy atom. The predicted octanol–water partition coefficient (Wildman–Crippen LogP) is 2.34. The minimum absolute atomic E-state index is 0.508. The zero-order valence-corrected chi connectivity index (χ0v) is 12.9. The van der Waals surface area contributed by atoms with Crippen LogP contribution in [-0.4, -0.2) is 14.5 Å². The second-order valence-corrected chi connectivity index (χ2v) is 5.91. The van der Waals surface area contributed by atoms with Crippen LogP contribution < -0.4 is 4.68 Å². The van der Waals surface area contributed by atoms with Gasteiger partial charge >= 0.3 is 0 Å². The van der Waals surface area contributed by atoms with Crippen molar-refractivity contribution in [3.8, 4) is 0 Å². The van der Waals surface area contributed by atoms with Crippen molar-refractivity contribution in [1.82, 2.24) is 14.5 Å². The summed E-state index contributed by atoms with van der Waals surface area (Å²) in [7, 11) is 4.12. The lowest BCUT2D eigenvalue weighted by Crippen LogP contribution is -2.38. The molecule has 0 aliphatic rings. The molecule has 2 aromatic rings. The first-order chi connectivity index (χ1) is 8.90. The highest BCUT2D eigenvalue weighted by Gasteiger charge is 2.17. The van der Waals surface area contributed by atoms with E-state index >= 15 is 0 Å². The van der Waals surface area contributed by atoms with E-state index in [1.807, 2.05) is 17.9 Å². The minimum Gasteiger partial charge on any atom is -0.270 e. The molecule has 4 nitrogen and oxygen atoms in total. The van der Waals surface area contributed by atoms with Crippen LogP contribution >= 0.6 is 0 Å². The van der Waals surface area contributed by atoms with E-state index in [-0.39, 0.29) is 0 Å². The topological polar surface area (TPSA) is 26.6 Å². The summed E-state index contributed by atoms with van der Waals surface area (Å²) in [6.45, 7) is 9.76. The molecule has 104 valence electrons. The lowest BCUT2D eigenvalue weighted by molar-refractivity contribution is -0.753. The normalized spacial score (nSPS) is 11.8. The van der Waals surface area contributed by atoms with Crippen LogP contribution in [0.5, 0.6) is 0 Å². The van der Waals surface area contributed by atoms with E-state index in [0.717, 1.165) is 6.54 Å². The van der Waals surface area contributed by atoms with Crippen molar-refractivity contribution < 1.29 is 4.68 Å². The van der Waals surface area contributed by atoms with E-state index in [1.165, 1.54) is 16.8 Å². The van der Waals surface area contributed by atoms with Gasteiger partial charge < -0.3 is 0 Å². The Labute approximate surface area is 115 Å². The molecule has 0 atom stereocenters. The molecule has 4 heteroatoms. The third-order valence-corrected chi connectivity index (χ3v) is 3.73. The van der Waals surface area contributed by atoms with Crippen molar-refractivity contribution in [3.05, 3.63) is 35.4 Å². The Morgan fingerprint density at radius 3 is 2.42 bits per heavy atom.